The van der Waals surface area contributed by atoms with E-state index in [1.54, 1.807) is 6.20 Å². The highest BCUT2D eigenvalue weighted by atomic mass is 35.5. The van der Waals surface area contributed by atoms with E-state index < -0.39 is 0 Å². The third-order valence-corrected chi connectivity index (χ3v) is 3.35. The fourth-order valence-corrected chi connectivity index (χ4v) is 2.22. The number of rotatable bonds is 3. The van der Waals surface area contributed by atoms with Gasteiger partial charge in [-0.3, -0.25) is 0 Å². The number of halogens is 1. The lowest BCUT2D eigenvalue weighted by molar-refractivity contribution is -0.134. The van der Waals surface area contributed by atoms with Crippen LogP contribution < -0.4 is 4.90 Å². The van der Waals surface area contributed by atoms with Gasteiger partial charge in [0, 0.05) is 49.2 Å². The maximum atomic E-state index is 11.0. The van der Waals surface area contributed by atoms with E-state index in [9.17, 15) is 4.79 Å². The average molecular weight is 281 g/mol. The van der Waals surface area contributed by atoms with Crippen LogP contribution in [0, 0.1) is 0 Å². The van der Waals surface area contributed by atoms with E-state index in [4.69, 9.17) is 11.6 Å². The average Bonchev–Trinajstić information content (AvgIpc) is 2.45. The molecule has 0 atom stereocenters. The topological polar surface area (TPSA) is 32.8 Å². The summed E-state index contributed by atoms with van der Waals surface area (Å²) in [7, 11) is 1.38. The molecule has 5 heteroatoms. The number of ether oxygens (including phenoxy) is 1. The molecule has 0 amide bonds. The third-order valence-electron chi connectivity index (χ3n) is 3.11. The van der Waals surface area contributed by atoms with E-state index in [0.29, 0.717) is 0 Å². The van der Waals surface area contributed by atoms with Crippen LogP contribution in [0.25, 0.3) is 0 Å². The number of hydrogen-bond acceptors (Lipinski definition) is 4. The van der Waals surface area contributed by atoms with Gasteiger partial charge in [0.25, 0.3) is 0 Å². The molecular formula is C14H17ClN2O2. The number of anilines is 1. The zero-order valence-electron chi connectivity index (χ0n) is 10.9. The van der Waals surface area contributed by atoms with Gasteiger partial charge in [-0.25, -0.2) is 4.79 Å². The summed E-state index contributed by atoms with van der Waals surface area (Å²) >= 11 is 5.99. The van der Waals surface area contributed by atoms with Crippen molar-refractivity contribution in [1.82, 2.24) is 4.90 Å². The van der Waals surface area contributed by atoms with Crippen LogP contribution in [-0.2, 0) is 9.53 Å². The van der Waals surface area contributed by atoms with Gasteiger partial charge in [-0.1, -0.05) is 17.7 Å². The van der Waals surface area contributed by atoms with E-state index in [0.717, 1.165) is 36.9 Å². The van der Waals surface area contributed by atoms with E-state index in [1.165, 1.54) is 13.2 Å². The highest BCUT2D eigenvalue weighted by molar-refractivity contribution is 6.30. The fourth-order valence-electron chi connectivity index (χ4n) is 2.04. The SMILES string of the molecule is COC(=O)C=CN1CCN(c2cccc(Cl)c2)CC1. The molecule has 19 heavy (non-hydrogen) atoms. The monoisotopic (exact) mass is 280 g/mol. The molecule has 0 unspecified atom stereocenters. The number of methoxy groups -OCH3 is 1. The highest BCUT2D eigenvalue weighted by Crippen LogP contribution is 2.20. The number of esters is 1. The van der Waals surface area contributed by atoms with Gasteiger partial charge < -0.3 is 14.5 Å². The molecular weight excluding hydrogens is 264 g/mol. The van der Waals surface area contributed by atoms with Crippen molar-refractivity contribution in [3.05, 3.63) is 41.6 Å². The second kappa shape index (κ2) is 6.48. The highest BCUT2D eigenvalue weighted by Gasteiger charge is 2.15. The van der Waals surface area contributed by atoms with Crippen LogP contribution >= 0.6 is 11.6 Å². The second-order valence-electron chi connectivity index (χ2n) is 4.34. The normalized spacial score (nSPS) is 15.9. The Bertz CT molecular complexity index is 468. The first-order valence-corrected chi connectivity index (χ1v) is 6.57. The molecule has 1 aromatic carbocycles. The largest absolute Gasteiger partial charge is 0.466 e. The first-order valence-electron chi connectivity index (χ1n) is 6.20. The van der Waals surface area contributed by atoms with Crippen molar-refractivity contribution < 1.29 is 9.53 Å². The Morgan fingerprint density at radius 3 is 2.68 bits per heavy atom. The van der Waals surface area contributed by atoms with Crippen molar-refractivity contribution in [2.75, 3.05) is 38.2 Å². The Balaban J connectivity index is 1.89. The number of carbonyl (C=O) groups is 1. The molecule has 102 valence electrons. The van der Waals surface area contributed by atoms with Gasteiger partial charge in [0.2, 0.25) is 0 Å². The van der Waals surface area contributed by atoms with E-state index >= 15 is 0 Å². The summed E-state index contributed by atoms with van der Waals surface area (Å²) in [6.07, 6.45) is 3.25. The molecule has 0 spiro atoms. The lowest BCUT2D eigenvalue weighted by Crippen LogP contribution is -2.44. The molecule has 4 nitrogen and oxygen atoms in total. The standard InChI is InChI=1S/C14H17ClN2O2/c1-19-14(18)5-6-16-7-9-17(10-8-16)13-4-2-3-12(15)11-13/h2-6,11H,7-10H2,1H3. The molecule has 1 aromatic rings. The summed E-state index contributed by atoms with van der Waals surface area (Å²) in [6, 6.07) is 7.87. The number of nitrogens with zero attached hydrogens (tertiary/aromatic N) is 2. The minimum Gasteiger partial charge on any atom is -0.466 e. The number of benzene rings is 1. The van der Waals surface area contributed by atoms with Crippen LogP contribution in [0.1, 0.15) is 0 Å². The summed E-state index contributed by atoms with van der Waals surface area (Å²) in [4.78, 5) is 15.4. The van der Waals surface area contributed by atoms with Crippen LogP contribution in [0.15, 0.2) is 36.5 Å². The summed E-state index contributed by atoms with van der Waals surface area (Å²) in [5, 5.41) is 0.755. The van der Waals surface area contributed by atoms with Gasteiger partial charge >= 0.3 is 5.97 Å². The zero-order chi connectivity index (χ0) is 13.7. The van der Waals surface area contributed by atoms with Crippen LogP contribution in [0.2, 0.25) is 5.02 Å². The molecule has 0 saturated carbocycles. The number of piperazine rings is 1. The predicted molar refractivity (Wildman–Crippen MR) is 76.4 cm³/mol. The summed E-state index contributed by atoms with van der Waals surface area (Å²) in [5.41, 5.74) is 1.14. The molecule has 1 fully saturated rings. The number of carbonyl (C=O) groups excluding carboxylic acids is 1. The summed E-state index contributed by atoms with van der Waals surface area (Å²) in [5.74, 6) is -0.322. The van der Waals surface area contributed by atoms with Crippen LogP contribution in [0.3, 0.4) is 0 Å². The van der Waals surface area contributed by atoms with Crippen molar-refractivity contribution >= 4 is 23.3 Å². The summed E-state index contributed by atoms with van der Waals surface area (Å²) < 4.78 is 4.57. The Hall–Kier alpha value is -1.68. The molecule has 0 radical (unpaired) electrons. The molecule has 1 aliphatic heterocycles. The van der Waals surface area contributed by atoms with Gasteiger partial charge in [0.1, 0.15) is 0 Å². The maximum absolute atomic E-state index is 11.0. The van der Waals surface area contributed by atoms with Gasteiger partial charge in [0.15, 0.2) is 0 Å². The van der Waals surface area contributed by atoms with Crippen molar-refractivity contribution in [1.29, 1.82) is 0 Å². The van der Waals surface area contributed by atoms with Crippen molar-refractivity contribution in [2.45, 2.75) is 0 Å². The van der Waals surface area contributed by atoms with Gasteiger partial charge in [-0.15, -0.1) is 0 Å². The van der Waals surface area contributed by atoms with Crippen LogP contribution in [0.4, 0.5) is 5.69 Å². The molecule has 1 aliphatic rings. The molecule has 0 N–H and O–H groups in total. The summed E-state index contributed by atoms with van der Waals surface area (Å²) in [6.45, 7) is 3.57. The zero-order valence-corrected chi connectivity index (χ0v) is 11.6. The Labute approximate surface area is 118 Å². The molecule has 0 aromatic heterocycles. The molecule has 1 saturated heterocycles. The molecule has 1 heterocycles. The van der Waals surface area contributed by atoms with Crippen molar-refractivity contribution in [3.8, 4) is 0 Å². The van der Waals surface area contributed by atoms with Gasteiger partial charge in [-0.2, -0.15) is 0 Å². The van der Waals surface area contributed by atoms with Crippen molar-refractivity contribution in [2.24, 2.45) is 0 Å². The van der Waals surface area contributed by atoms with E-state index in [1.807, 2.05) is 18.2 Å². The minimum atomic E-state index is -0.322. The fraction of sp³-hybridized carbons (Fsp3) is 0.357. The Kier molecular flexibility index (Phi) is 4.68. The van der Waals surface area contributed by atoms with Gasteiger partial charge in [0.05, 0.1) is 7.11 Å². The van der Waals surface area contributed by atoms with Crippen LogP contribution in [0.5, 0.6) is 0 Å². The Morgan fingerprint density at radius 2 is 2.05 bits per heavy atom. The van der Waals surface area contributed by atoms with Crippen LogP contribution in [-0.4, -0.2) is 44.2 Å². The minimum absolute atomic E-state index is 0.322. The van der Waals surface area contributed by atoms with E-state index in [-0.39, 0.29) is 5.97 Å². The lowest BCUT2D eigenvalue weighted by Gasteiger charge is -2.35. The quantitative estimate of drug-likeness (QED) is 0.627. The van der Waals surface area contributed by atoms with Gasteiger partial charge in [-0.05, 0) is 18.2 Å². The maximum Gasteiger partial charge on any atom is 0.331 e. The number of hydrogen-bond donors (Lipinski definition) is 0. The molecule has 2 rings (SSSR count). The Morgan fingerprint density at radius 1 is 1.32 bits per heavy atom. The second-order valence-corrected chi connectivity index (χ2v) is 4.78. The smallest absolute Gasteiger partial charge is 0.331 e. The third kappa shape index (κ3) is 3.89. The predicted octanol–water partition coefficient (Wildman–Crippen LogP) is 2.15. The van der Waals surface area contributed by atoms with Crippen molar-refractivity contribution in [3.63, 3.8) is 0 Å². The molecule has 0 aliphatic carbocycles. The first-order chi connectivity index (χ1) is 9.19. The molecule has 0 bridgehead atoms. The van der Waals surface area contributed by atoms with E-state index in [2.05, 4.69) is 20.6 Å². The first kappa shape index (κ1) is 13.7. The lowest BCUT2D eigenvalue weighted by atomic mass is 10.2.